The van der Waals surface area contributed by atoms with Crippen LogP contribution >= 0.6 is 0 Å². The number of aromatic hydroxyl groups is 1. The van der Waals surface area contributed by atoms with E-state index in [1.807, 2.05) is 0 Å². The highest BCUT2D eigenvalue weighted by Gasteiger charge is 2.55. The lowest BCUT2D eigenvalue weighted by Crippen LogP contribution is -2.54. The molecule has 11 nitrogen and oxygen atoms in total. The molecule has 6 heterocycles. The van der Waals surface area contributed by atoms with Gasteiger partial charge in [0.15, 0.2) is 0 Å². The maximum Gasteiger partial charge on any atom is 0.337 e. The second-order valence-corrected chi connectivity index (χ2v) is 16.3. The van der Waals surface area contributed by atoms with Gasteiger partial charge < -0.3 is 34.4 Å². The minimum Gasteiger partial charge on any atom is -0.507 e. The number of carbonyl (C=O) groups excluding carboxylic acids is 2. The first-order valence-electron chi connectivity index (χ1n) is 19.8. The third-order valence-electron chi connectivity index (χ3n) is 14.1. The number of ether oxygens (including phenoxy) is 3. The Morgan fingerprint density at radius 3 is 2.46 bits per heavy atom. The summed E-state index contributed by atoms with van der Waals surface area (Å²) in [5.74, 6) is -0.851. The van der Waals surface area contributed by atoms with E-state index in [9.17, 15) is 19.8 Å². The summed E-state index contributed by atoms with van der Waals surface area (Å²) in [6.45, 7) is 4.74. The van der Waals surface area contributed by atoms with E-state index in [1.54, 1.807) is 13.4 Å². The highest BCUT2D eigenvalue weighted by Crippen LogP contribution is 2.58. The molecule has 2 aromatic heterocycles. The zero-order valence-electron chi connectivity index (χ0n) is 31.6. The van der Waals surface area contributed by atoms with Gasteiger partial charge in [-0.2, -0.15) is 0 Å². The van der Waals surface area contributed by atoms with Crippen LogP contribution in [0.3, 0.4) is 0 Å². The normalized spacial score (nSPS) is 31.2. The number of rotatable bonds is 6. The molecule has 0 amide bonds. The number of aliphatic hydroxyl groups excluding tert-OH is 1. The van der Waals surface area contributed by atoms with Gasteiger partial charge in [-0.1, -0.05) is 37.6 Å². The van der Waals surface area contributed by atoms with Crippen LogP contribution in [0.4, 0.5) is 0 Å². The number of phenols is 1. The smallest absolute Gasteiger partial charge is 0.337 e. The van der Waals surface area contributed by atoms with E-state index in [2.05, 4.69) is 63.1 Å². The molecule has 1 aliphatic carbocycles. The molecule has 54 heavy (non-hydrogen) atoms. The summed E-state index contributed by atoms with van der Waals surface area (Å²) in [5, 5.41) is 26.0. The van der Waals surface area contributed by atoms with Crippen LogP contribution in [0.1, 0.15) is 85.2 Å². The van der Waals surface area contributed by atoms with E-state index in [-0.39, 0.29) is 53.7 Å². The number of aliphatic hydroxyl groups is 1. The second kappa shape index (κ2) is 13.8. The third kappa shape index (κ3) is 5.33. The van der Waals surface area contributed by atoms with Gasteiger partial charge in [0.2, 0.25) is 0 Å². The summed E-state index contributed by atoms with van der Waals surface area (Å²) in [5.41, 5.74) is 8.23. The average Bonchev–Trinajstić information content (AvgIpc) is 3.78. The monoisotopic (exact) mass is 736 g/mol. The quantitative estimate of drug-likeness (QED) is 0.103. The molecule has 2 saturated heterocycles. The van der Waals surface area contributed by atoms with Crippen molar-refractivity contribution in [1.29, 1.82) is 0 Å². The van der Waals surface area contributed by atoms with Gasteiger partial charge in [-0.3, -0.25) is 14.6 Å². The molecular weight excluding hydrogens is 684 g/mol. The van der Waals surface area contributed by atoms with Crippen molar-refractivity contribution in [3.63, 3.8) is 0 Å². The zero-order chi connectivity index (χ0) is 37.4. The highest BCUT2D eigenvalue weighted by atomic mass is 16.5. The van der Waals surface area contributed by atoms with Crippen LogP contribution in [-0.4, -0.2) is 89.0 Å². The van der Waals surface area contributed by atoms with Crippen LogP contribution in [0, 0.1) is 29.6 Å². The molecule has 9 atom stereocenters. The van der Waals surface area contributed by atoms with Crippen LogP contribution in [0.25, 0.3) is 21.8 Å². The van der Waals surface area contributed by atoms with Gasteiger partial charge in [-0.25, -0.2) is 4.79 Å². The number of phenolic OH excluding ortho intramolecular Hbond substituents is 1. The van der Waals surface area contributed by atoms with Gasteiger partial charge in [-0.05, 0) is 85.5 Å². The fraction of sp³-hybridized carbons (Fsp3) is 0.535. The van der Waals surface area contributed by atoms with Crippen molar-refractivity contribution in [1.82, 2.24) is 19.8 Å². The van der Waals surface area contributed by atoms with Gasteiger partial charge in [-0.15, -0.1) is 0 Å². The summed E-state index contributed by atoms with van der Waals surface area (Å²) >= 11 is 0. The van der Waals surface area contributed by atoms with E-state index in [1.165, 1.54) is 30.9 Å². The van der Waals surface area contributed by atoms with Crippen LogP contribution in [0.15, 0.2) is 48.2 Å². The van der Waals surface area contributed by atoms with Crippen molar-refractivity contribution < 1.29 is 34.0 Å². The lowest BCUT2D eigenvalue weighted by atomic mass is 9.61. The molecule has 0 bridgehead atoms. The lowest BCUT2D eigenvalue weighted by Gasteiger charge is -2.55. The maximum atomic E-state index is 13.4. The average molecular weight is 737 g/mol. The Hall–Kier alpha value is -4.32. The van der Waals surface area contributed by atoms with E-state index < -0.39 is 12.0 Å². The number of piperidine rings is 2. The van der Waals surface area contributed by atoms with Crippen LogP contribution in [0.5, 0.6) is 5.75 Å². The summed E-state index contributed by atoms with van der Waals surface area (Å²) in [7, 11) is 4.41. The molecule has 0 spiro atoms. The molecule has 4 aromatic rings. The number of nitrogens with zero attached hydrogens (tertiary/aromatic N) is 2. The molecule has 9 rings (SSSR count). The molecule has 5 aliphatic rings. The van der Waals surface area contributed by atoms with Crippen LogP contribution in [-0.2, 0) is 36.6 Å². The number of carbonyl (C=O) groups is 2. The van der Waals surface area contributed by atoms with E-state index in [0.29, 0.717) is 17.7 Å². The molecule has 0 unspecified atom stereocenters. The van der Waals surface area contributed by atoms with Crippen LogP contribution < -0.4 is 0 Å². The minimum atomic E-state index is -0.766. The number of para-hydroxylation sites is 1. The van der Waals surface area contributed by atoms with Crippen molar-refractivity contribution in [3.05, 3.63) is 76.3 Å². The molecule has 4 aliphatic heterocycles. The van der Waals surface area contributed by atoms with Gasteiger partial charge in [0, 0.05) is 64.4 Å². The van der Waals surface area contributed by atoms with Gasteiger partial charge in [0.05, 0.1) is 57.3 Å². The Kier molecular flexibility index (Phi) is 9.02. The second-order valence-electron chi connectivity index (χ2n) is 16.3. The van der Waals surface area contributed by atoms with Crippen molar-refractivity contribution in [2.75, 3.05) is 41.0 Å². The lowest BCUT2D eigenvalue weighted by molar-refractivity contribution is -0.163. The highest BCUT2D eigenvalue weighted by molar-refractivity contribution is 5.92. The Labute approximate surface area is 315 Å². The number of methoxy groups -OCH3 is 3. The number of nitrogens with one attached hydrogen (secondary N) is 2. The number of hydrogen-bond donors (Lipinski definition) is 4. The first-order chi connectivity index (χ1) is 26.3. The fourth-order valence-corrected chi connectivity index (χ4v) is 11.7. The molecule has 3 fully saturated rings. The van der Waals surface area contributed by atoms with Gasteiger partial charge >= 0.3 is 11.9 Å². The molecule has 11 heteroatoms. The number of fused-ring (bicyclic) bond motifs is 11. The number of esters is 2. The summed E-state index contributed by atoms with van der Waals surface area (Å²) in [6, 6.07) is 12.5. The predicted octanol–water partition coefficient (Wildman–Crippen LogP) is 6.22. The molecule has 1 saturated carbocycles. The van der Waals surface area contributed by atoms with Crippen molar-refractivity contribution in [3.8, 4) is 5.75 Å². The Bertz CT molecular complexity index is 2140. The molecule has 286 valence electrons. The summed E-state index contributed by atoms with van der Waals surface area (Å²) < 4.78 is 15.9. The van der Waals surface area contributed by atoms with Gasteiger partial charge in [0.1, 0.15) is 5.75 Å². The molecular formula is C43H52N4O7. The number of aromatic nitrogens is 2. The van der Waals surface area contributed by atoms with Crippen molar-refractivity contribution >= 4 is 33.7 Å². The number of H-pyrrole nitrogens is 2. The predicted molar refractivity (Wildman–Crippen MR) is 204 cm³/mol. The molecule has 4 N–H and O–H groups in total. The first kappa shape index (κ1) is 35.4. The Morgan fingerprint density at radius 2 is 1.69 bits per heavy atom. The number of aromatic amines is 2. The van der Waals surface area contributed by atoms with E-state index in [4.69, 9.17) is 14.2 Å². The summed E-state index contributed by atoms with van der Waals surface area (Å²) in [4.78, 5) is 39.0. The van der Waals surface area contributed by atoms with E-state index in [0.717, 1.165) is 91.4 Å². The fourth-order valence-electron chi connectivity index (χ4n) is 11.7. The zero-order valence-corrected chi connectivity index (χ0v) is 31.6. The number of hydrogen-bond acceptors (Lipinski definition) is 9. The van der Waals surface area contributed by atoms with E-state index >= 15 is 0 Å². The molecule has 0 radical (unpaired) electrons. The van der Waals surface area contributed by atoms with Crippen molar-refractivity contribution in [2.45, 2.75) is 76.1 Å². The SMILES string of the molecule is CC[C@H]1CN2CCc3c([nH]c4ccc([C@H]5[C@@H]6CC[C@H](O)[C@H](C(=O)OC)[C@H]6C[C@@H]6c7[nH]c8ccccc8c7CCN65)c(O)c34)[C@@H]2C[C@@H]1/C(=C\OC)C(=O)OC. The van der Waals surface area contributed by atoms with Crippen LogP contribution in [0.2, 0.25) is 0 Å². The standard InChI is InChI=1S/C43H52N4O7/c1-5-22-20-46-16-14-26-36-32(45-39(26)33(46)18-28(22)30(21-52-2)42(50)53-3)12-10-27(41(36)49)40-25-11-13-35(48)37(43(51)54-4)29(25)19-34-38-24(15-17-47(34)40)23-8-6-7-9-31(23)44-38/h6-10,12,21-22,25,28-29,33-35,37,40,44-45,48-49H,5,11,13-20H2,1-4H3/b30-21+/t22-,25+,28-,29-,33-,34+,35-,37+,40+/m0/s1. The van der Waals surface area contributed by atoms with Gasteiger partial charge in [0.25, 0.3) is 0 Å². The topological polar surface area (TPSA) is 140 Å². The Balaban J connectivity index is 1.14. The van der Waals surface area contributed by atoms with Crippen molar-refractivity contribution in [2.24, 2.45) is 29.6 Å². The first-order valence-corrected chi connectivity index (χ1v) is 19.8. The maximum absolute atomic E-state index is 13.4. The molecule has 2 aromatic carbocycles. The number of benzene rings is 2. The summed E-state index contributed by atoms with van der Waals surface area (Å²) in [6.07, 6.45) is 6.15. The third-order valence-corrected chi connectivity index (χ3v) is 14.1. The largest absolute Gasteiger partial charge is 0.507 e. The minimum absolute atomic E-state index is 0.0107. The Morgan fingerprint density at radius 1 is 0.907 bits per heavy atom.